The number of benzene rings is 1. The molecule has 4 nitrogen and oxygen atoms in total. The topological polar surface area (TPSA) is 49.9 Å². The summed E-state index contributed by atoms with van der Waals surface area (Å²) in [5, 5.41) is 12.0. The Morgan fingerprint density at radius 1 is 1.05 bits per heavy atom. The van der Waals surface area contributed by atoms with Crippen LogP contribution in [0.2, 0.25) is 0 Å². The lowest BCUT2D eigenvalue weighted by molar-refractivity contribution is 0.131. The summed E-state index contributed by atoms with van der Waals surface area (Å²) in [6.45, 7) is 0. The quantitative estimate of drug-likeness (QED) is 0.903. The molecular formula is C18H25N3O. The summed E-state index contributed by atoms with van der Waals surface area (Å²) in [5.74, 6) is 0.973. The maximum Gasteiger partial charge on any atom is 0.120 e. The second kappa shape index (κ2) is 6.29. The SMILES string of the molecule is c1cc2[nH]ncc2cc1O[C@@H]1CCC[C@@H](NC2CCCC2)C1. The van der Waals surface area contributed by atoms with E-state index in [1.54, 1.807) is 0 Å². The van der Waals surface area contributed by atoms with Gasteiger partial charge >= 0.3 is 0 Å². The van der Waals surface area contributed by atoms with E-state index >= 15 is 0 Å². The van der Waals surface area contributed by atoms with Crippen LogP contribution in [-0.4, -0.2) is 28.4 Å². The molecule has 2 aromatic rings. The number of hydrogen-bond donors (Lipinski definition) is 2. The van der Waals surface area contributed by atoms with Gasteiger partial charge in [-0.1, -0.05) is 12.8 Å². The lowest BCUT2D eigenvalue weighted by Crippen LogP contribution is -2.42. The molecule has 2 aliphatic carbocycles. The van der Waals surface area contributed by atoms with Gasteiger partial charge in [-0.3, -0.25) is 5.10 Å². The van der Waals surface area contributed by atoms with E-state index in [2.05, 4.69) is 33.7 Å². The molecule has 0 aliphatic heterocycles. The zero-order valence-corrected chi connectivity index (χ0v) is 13.1. The molecule has 0 amide bonds. The fraction of sp³-hybridized carbons (Fsp3) is 0.611. The van der Waals surface area contributed by atoms with Gasteiger partial charge in [-0.05, 0) is 56.7 Å². The largest absolute Gasteiger partial charge is 0.490 e. The van der Waals surface area contributed by atoms with Gasteiger partial charge in [0.1, 0.15) is 11.9 Å². The van der Waals surface area contributed by atoms with Gasteiger partial charge in [-0.25, -0.2) is 0 Å². The van der Waals surface area contributed by atoms with Crippen LogP contribution in [-0.2, 0) is 0 Å². The van der Waals surface area contributed by atoms with Crippen LogP contribution in [0, 0.1) is 0 Å². The third-order valence-electron chi connectivity index (χ3n) is 5.17. The molecule has 0 saturated heterocycles. The van der Waals surface area contributed by atoms with Crippen LogP contribution >= 0.6 is 0 Å². The van der Waals surface area contributed by atoms with Crippen molar-refractivity contribution in [3.8, 4) is 5.75 Å². The second-order valence-electron chi connectivity index (χ2n) is 6.87. The Labute approximate surface area is 131 Å². The fourth-order valence-corrected chi connectivity index (χ4v) is 4.02. The summed E-state index contributed by atoms with van der Waals surface area (Å²) in [6.07, 6.45) is 12.6. The molecule has 1 heterocycles. The summed E-state index contributed by atoms with van der Waals surface area (Å²) in [6, 6.07) is 7.58. The number of aromatic nitrogens is 2. The van der Waals surface area contributed by atoms with Gasteiger partial charge < -0.3 is 10.1 Å². The van der Waals surface area contributed by atoms with E-state index in [0.717, 1.165) is 29.1 Å². The first-order valence-electron chi connectivity index (χ1n) is 8.73. The second-order valence-corrected chi connectivity index (χ2v) is 6.87. The number of rotatable bonds is 4. The lowest BCUT2D eigenvalue weighted by atomic mass is 9.92. The average molecular weight is 299 g/mol. The van der Waals surface area contributed by atoms with Crippen LogP contribution < -0.4 is 10.1 Å². The maximum atomic E-state index is 6.25. The summed E-state index contributed by atoms with van der Waals surface area (Å²) >= 11 is 0. The summed E-state index contributed by atoms with van der Waals surface area (Å²) in [7, 11) is 0. The molecule has 0 radical (unpaired) electrons. The minimum absolute atomic E-state index is 0.344. The minimum Gasteiger partial charge on any atom is -0.490 e. The Balaban J connectivity index is 1.37. The number of aromatic amines is 1. The summed E-state index contributed by atoms with van der Waals surface area (Å²) < 4.78 is 6.25. The van der Waals surface area contributed by atoms with Gasteiger partial charge in [0.2, 0.25) is 0 Å². The number of H-pyrrole nitrogens is 1. The van der Waals surface area contributed by atoms with E-state index in [1.807, 2.05) is 6.20 Å². The van der Waals surface area contributed by atoms with E-state index in [-0.39, 0.29) is 0 Å². The smallest absolute Gasteiger partial charge is 0.120 e. The van der Waals surface area contributed by atoms with Crippen molar-refractivity contribution < 1.29 is 4.74 Å². The number of fused-ring (bicyclic) bond motifs is 1. The molecule has 1 aromatic carbocycles. The van der Waals surface area contributed by atoms with Gasteiger partial charge in [0.15, 0.2) is 0 Å². The van der Waals surface area contributed by atoms with Crippen LogP contribution in [0.5, 0.6) is 5.75 Å². The highest BCUT2D eigenvalue weighted by molar-refractivity contribution is 5.79. The molecule has 0 bridgehead atoms. The van der Waals surface area contributed by atoms with E-state index in [0.29, 0.717) is 12.1 Å². The third kappa shape index (κ3) is 3.12. The summed E-state index contributed by atoms with van der Waals surface area (Å²) in [5.41, 5.74) is 1.07. The fourth-order valence-electron chi connectivity index (χ4n) is 4.02. The Morgan fingerprint density at radius 2 is 1.91 bits per heavy atom. The Bertz CT molecular complexity index is 618. The van der Waals surface area contributed by atoms with Crippen LogP contribution in [0.15, 0.2) is 24.4 Å². The third-order valence-corrected chi connectivity index (χ3v) is 5.17. The predicted octanol–water partition coefficient (Wildman–Crippen LogP) is 3.79. The zero-order chi connectivity index (χ0) is 14.8. The maximum absolute atomic E-state index is 6.25. The highest BCUT2D eigenvalue weighted by Gasteiger charge is 2.26. The van der Waals surface area contributed by atoms with Crippen LogP contribution in [0.4, 0.5) is 0 Å². The van der Waals surface area contributed by atoms with E-state index < -0.39 is 0 Å². The molecule has 4 heteroatoms. The molecule has 2 saturated carbocycles. The van der Waals surface area contributed by atoms with Gasteiger partial charge in [-0.15, -0.1) is 0 Å². The molecule has 0 unspecified atom stereocenters. The monoisotopic (exact) mass is 299 g/mol. The van der Waals surface area contributed by atoms with Gasteiger partial charge in [-0.2, -0.15) is 5.10 Å². The van der Waals surface area contributed by atoms with Gasteiger partial charge in [0.25, 0.3) is 0 Å². The first kappa shape index (κ1) is 14.1. The molecule has 4 rings (SSSR count). The van der Waals surface area contributed by atoms with Crippen LogP contribution in [0.25, 0.3) is 10.9 Å². The minimum atomic E-state index is 0.344. The average Bonchev–Trinajstić information content (AvgIpc) is 3.18. The van der Waals surface area contributed by atoms with Crippen molar-refractivity contribution in [1.82, 2.24) is 15.5 Å². The van der Waals surface area contributed by atoms with Gasteiger partial charge in [0, 0.05) is 17.5 Å². The Morgan fingerprint density at radius 3 is 2.82 bits per heavy atom. The molecule has 2 atom stereocenters. The molecule has 1 aromatic heterocycles. The van der Waals surface area contributed by atoms with Crippen molar-refractivity contribution in [3.05, 3.63) is 24.4 Å². The molecule has 22 heavy (non-hydrogen) atoms. The standard InChI is InChI=1S/C18H25N3O/c1-2-5-14(4-1)20-15-6-3-7-16(11-15)22-17-8-9-18-13(10-17)12-19-21-18/h8-10,12,14-16,20H,1-7,11H2,(H,19,21)/t15-,16-/m1/s1. The van der Waals surface area contributed by atoms with E-state index in [4.69, 9.17) is 4.74 Å². The van der Waals surface area contributed by atoms with Gasteiger partial charge in [0.05, 0.1) is 11.7 Å². The van der Waals surface area contributed by atoms with Crippen molar-refractivity contribution in [2.24, 2.45) is 0 Å². The number of ether oxygens (including phenoxy) is 1. The van der Waals surface area contributed by atoms with Crippen molar-refractivity contribution >= 4 is 10.9 Å². The lowest BCUT2D eigenvalue weighted by Gasteiger charge is -2.32. The van der Waals surface area contributed by atoms with E-state index in [9.17, 15) is 0 Å². The van der Waals surface area contributed by atoms with Crippen molar-refractivity contribution in [3.63, 3.8) is 0 Å². The first-order chi connectivity index (χ1) is 10.9. The highest BCUT2D eigenvalue weighted by Crippen LogP contribution is 2.27. The molecule has 2 N–H and O–H groups in total. The Kier molecular flexibility index (Phi) is 4.02. The molecular weight excluding hydrogens is 274 g/mol. The highest BCUT2D eigenvalue weighted by atomic mass is 16.5. The van der Waals surface area contributed by atoms with Crippen molar-refractivity contribution in [2.45, 2.75) is 69.6 Å². The number of nitrogens with zero attached hydrogens (tertiary/aromatic N) is 1. The van der Waals surface area contributed by atoms with E-state index in [1.165, 1.54) is 44.9 Å². The molecule has 118 valence electrons. The zero-order valence-electron chi connectivity index (χ0n) is 13.1. The van der Waals surface area contributed by atoms with Crippen LogP contribution in [0.1, 0.15) is 51.4 Å². The number of hydrogen-bond acceptors (Lipinski definition) is 3. The van der Waals surface area contributed by atoms with Crippen molar-refractivity contribution in [1.29, 1.82) is 0 Å². The Hall–Kier alpha value is -1.55. The van der Waals surface area contributed by atoms with Crippen molar-refractivity contribution in [2.75, 3.05) is 0 Å². The molecule has 0 spiro atoms. The van der Waals surface area contributed by atoms with Crippen LogP contribution in [0.3, 0.4) is 0 Å². The predicted molar refractivity (Wildman–Crippen MR) is 88.2 cm³/mol. The summed E-state index contributed by atoms with van der Waals surface area (Å²) in [4.78, 5) is 0. The molecule has 2 fully saturated rings. The first-order valence-corrected chi connectivity index (χ1v) is 8.73. The molecule has 2 aliphatic rings. The number of nitrogens with one attached hydrogen (secondary N) is 2. The normalized spacial score (nSPS) is 26.5.